The van der Waals surface area contributed by atoms with Gasteiger partial charge in [0.25, 0.3) is 5.91 Å². The lowest BCUT2D eigenvalue weighted by Crippen LogP contribution is -2.64. The predicted molar refractivity (Wildman–Crippen MR) is 85.6 cm³/mol. The first-order valence-corrected chi connectivity index (χ1v) is 7.49. The zero-order valence-corrected chi connectivity index (χ0v) is 12.7. The third-order valence-corrected chi connectivity index (χ3v) is 4.67. The van der Waals surface area contributed by atoms with Gasteiger partial charge in [0, 0.05) is 18.8 Å². The van der Waals surface area contributed by atoms with E-state index in [4.69, 9.17) is 4.74 Å². The maximum absolute atomic E-state index is 12.7. The number of nitrogens with one attached hydrogen (secondary N) is 1. The van der Waals surface area contributed by atoms with Crippen LogP contribution in [0.15, 0.2) is 48.5 Å². The lowest BCUT2D eigenvalue weighted by molar-refractivity contribution is -0.125. The fourth-order valence-electron chi connectivity index (χ4n) is 3.43. The van der Waals surface area contributed by atoms with Crippen LogP contribution < -0.4 is 10.1 Å². The SMILES string of the molecule is COc1ccccc1C(=O)N1CC2(C1)C(=O)Nc1ccccc12. The summed E-state index contributed by atoms with van der Waals surface area (Å²) in [5.41, 5.74) is 1.75. The Morgan fingerprint density at radius 2 is 1.83 bits per heavy atom. The fourth-order valence-corrected chi connectivity index (χ4v) is 3.43. The zero-order chi connectivity index (χ0) is 16.0. The van der Waals surface area contributed by atoms with Crippen molar-refractivity contribution in [3.8, 4) is 5.75 Å². The van der Waals surface area contributed by atoms with Crippen molar-refractivity contribution in [1.29, 1.82) is 0 Å². The zero-order valence-electron chi connectivity index (χ0n) is 12.7. The predicted octanol–water partition coefficient (Wildman–Crippen LogP) is 2.04. The van der Waals surface area contributed by atoms with Crippen molar-refractivity contribution in [3.05, 3.63) is 59.7 Å². The first kappa shape index (κ1) is 13.8. The van der Waals surface area contributed by atoms with E-state index in [1.807, 2.05) is 36.4 Å². The largest absolute Gasteiger partial charge is 0.496 e. The molecule has 23 heavy (non-hydrogen) atoms. The van der Waals surface area contributed by atoms with Gasteiger partial charge in [-0.25, -0.2) is 0 Å². The third kappa shape index (κ3) is 1.86. The molecule has 5 heteroatoms. The van der Waals surface area contributed by atoms with E-state index in [9.17, 15) is 9.59 Å². The molecule has 0 bridgehead atoms. The molecular weight excluding hydrogens is 292 g/mol. The number of likely N-dealkylation sites (tertiary alicyclic amines) is 1. The quantitative estimate of drug-likeness (QED) is 0.923. The van der Waals surface area contributed by atoms with E-state index < -0.39 is 5.41 Å². The van der Waals surface area contributed by atoms with Crippen LogP contribution in [0.2, 0.25) is 0 Å². The number of rotatable bonds is 2. The lowest BCUT2D eigenvalue weighted by Gasteiger charge is -2.46. The Morgan fingerprint density at radius 1 is 1.13 bits per heavy atom. The highest BCUT2D eigenvalue weighted by molar-refractivity contribution is 6.09. The molecular formula is C18H16N2O3. The summed E-state index contributed by atoms with van der Waals surface area (Å²) in [7, 11) is 1.55. The normalized spacial score (nSPS) is 17.4. The van der Waals surface area contributed by atoms with Gasteiger partial charge < -0.3 is 15.0 Å². The van der Waals surface area contributed by atoms with E-state index in [1.54, 1.807) is 24.1 Å². The average Bonchev–Trinajstić information content (AvgIpc) is 2.84. The van der Waals surface area contributed by atoms with Gasteiger partial charge in [0.1, 0.15) is 11.2 Å². The van der Waals surface area contributed by atoms with E-state index in [1.165, 1.54) is 0 Å². The molecule has 1 fully saturated rings. The number of benzene rings is 2. The van der Waals surface area contributed by atoms with E-state index in [-0.39, 0.29) is 11.8 Å². The topological polar surface area (TPSA) is 58.6 Å². The van der Waals surface area contributed by atoms with Crippen LogP contribution in [0.5, 0.6) is 5.75 Å². The van der Waals surface area contributed by atoms with Crippen molar-refractivity contribution in [2.45, 2.75) is 5.41 Å². The van der Waals surface area contributed by atoms with Crippen LogP contribution >= 0.6 is 0 Å². The Morgan fingerprint density at radius 3 is 2.61 bits per heavy atom. The molecule has 0 radical (unpaired) electrons. The Labute approximate surface area is 133 Å². The Balaban J connectivity index is 1.60. The maximum Gasteiger partial charge on any atom is 0.257 e. The summed E-state index contributed by atoms with van der Waals surface area (Å²) in [4.78, 5) is 26.8. The van der Waals surface area contributed by atoms with Gasteiger partial charge in [0.15, 0.2) is 0 Å². The van der Waals surface area contributed by atoms with Crippen molar-refractivity contribution >= 4 is 17.5 Å². The van der Waals surface area contributed by atoms with E-state index in [2.05, 4.69) is 5.32 Å². The number of carbonyl (C=O) groups excluding carboxylic acids is 2. The molecule has 2 aromatic rings. The number of carbonyl (C=O) groups is 2. The molecule has 2 aromatic carbocycles. The number of fused-ring (bicyclic) bond motifs is 2. The number of amides is 2. The third-order valence-electron chi connectivity index (χ3n) is 4.67. The molecule has 1 spiro atoms. The second-order valence-corrected chi connectivity index (χ2v) is 5.94. The van der Waals surface area contributed by atoms with Gasteiger partial charge in [0.05, 0.1) is 12.7 Å². The number of methoxy groups -OCH3 is 1. The van der Waals surface area contributed by atoms with Crippen molar-refractivity contribution in [2.75, 3.05) is 25.5 Å². The van der Waals surface area contributed by atoms with Crippen molar-refractivity contribution in [1.82, 2.24) is 4.90 Å². The molecule has 5 nitrogen and oxygen atoms in total. The number of para-hydroxylation sites is 2. The number of nitrogens with zero attached hydrogens (tertiary/aromatic N) is 1. The van der Waals surface area contributed by atoms with E-state index in [0.29, 0.717) is 24.4 Å². The van der Waals surface area contributed by atoms with Gasteiger partial charge in [0.2, 0.25) is 5.91 Å². The summed E-state index contributed by atoms with van der Waals surface area (Å²) in [5, 5.41) is 2.91. The van der Waals surface area contributed by atoms with Crippen LogP contribution in [0.4, 0.5) is 5.69 Å². The van der Waals surface area contributed by atoms with Crippen LogP contribution in [-0.4, -0.2) is 36.9 Å². The van der Waals surface area contributed by atoms with Gasteiger partial charge in [-0.1, -0.05) is 30.3 Å². The number of ether oxygens (including phenoxy) is 1. The smallest absolute Gasteiger partial charge is 0.257 e. The molecule has 2 amide bonds. The van der Waals surface area contributed by atoms with Gasteiger partial charge >= 0.3 is 0 Å². The highest BCUT2D eigenvalue weighted by atomic mass is 16.5. The number of hydrogen-bond donors (Lipinski definition) is 1. The molecule has 1 N–H and O–H groups in total. The summed E-state index contributed by atoms with van der Waals surface area (Å²) in [6, 6.07) is 14.8. The molecule has 0 aliphatic carbocycles. The molecule has 2 aliphatic rings. The minimum Gasteiger partial charge on any atom is -0.496 e. The highest BCUT2D eigenvalue weighted by Gasteiger charge is 2.56. The van der Waals surface area contributed by atoms with Gasteiger partial charge in [-0.05, 0) is 23.8 Å². The van der Waals surface area contributed by atoms with E-state index >= 15 is 0 Å². The first-order chi connectivity index (χ1) is 11.2. The van der Waals surface area contributed by atoms with Crippen LogP contribution in [0.3, 0.4) is 0 Å². The summed E-state index contributed by atoms with van der Waals surface area (Å²) in [6.45, 7) is 0.791. The van der Waals surface area contributed by atoms with Crippen LogP contribution in [0.1, 0.15) is 15.9 Å². The Kier molecular flexibility index (Phi) is 2.91. The molecule has 116 valence electrons. The first-order valence-electron chi connectivity index (χ1n) is 7.49. The Bertz CT molecular complexity index is 809. The lowest BCUT2D eigenvalue weighted by atomic mass is 9.74. The number of anilines is 1. The second-order valence-electron chi connectivity index (χ2n) is 5.94. The second kappa shape index (κ2) is 4.84. The Hall–Kier alpha value is -2.82. The highest BCUT2D eigenvalue weighted by Crippen LogP contribution is 2.44. The molecule has 2 heterocycles. The molecule has 0 aromatic heterocycles. The fraction of sp³-hybridized carbons (Fsp3) is 0.222. The van der Waals surface area contributed by atoms with Crippen molar-refractivity contribution < 1.29 is 14.3 Å². The molecule has 4 rings (SSSR count). The van der Waals surface area contributed by atoms with Crippen LogP contribution in [0, 0.1) is 0 Å². The monoisotopic (exact) mass is 308 g/mol. The minimum atomic E-state index is -0.603. The van der Waals surface area contributed by atoms with Crippen molar-refractivity contribution in [3.63, 3.8) is 0 Å². The molecule has 1 saturated heterocycles. The molecule has 2 aliphatic heterocycles. The maximum atomic E-state index is 12.7. The van der Waals surface area contributed by atoms with Crippen LogP contribution in [-0.2, 0) is 10.2 Å². The van der Waals surface area contributed by atoms with Gasteiger partial charge in [-0.2, -0.15) is 0 Å². The summed E-state index contributed by atoms with van der Waals surface area (Å²) in [5.74, 6) is 0.419. The summed E-state index contributed by atoms with van der Waals surface area (Å²) < 4.78 is 5.25. The van der Waals surface area contributed by atoms with Gasteiger partial charge in [-0.3, -0.25) is 9.59 Å². The minimum absolute atomic E-state index is 0.0252. The standard InChI is InChI=1S/C18H16N2O3/c1-23-15-9-5-2-6-12(15)16(21)20-10-18(11-20)13-7-3-4-8-14(13)19-17(18)22/h2-9H,10-11H2,1H3,(H,19,22). The van der Waals surface area contributed by atoms with Gasteiger partial charge in [-0.15, -0.1) is 0 Å². The molecule has 0 unspecified atom stereocenters. The van der Waals surface area contributed by atoms with E-state index in [0.717, 1.165) is 11.3 Å². The summed E-state index contributed by atoms with van der Waals surface area (Å²) >= 11 is 0. The summed E-state index contributed by atoms with van der Waals surface area (Å²) in [6.07, 6.45) is 0. The molecule has 0 saturated carbocycles. The van der Waals surface area contributed by atoms with Crippen molar-refractivity contribution in [2.24, 2.45) is 0 Å². The number of hydrogen-bond acceptors (Lipinski definition) is 3. The average molecular weight is 308 g/mol. The molecule has 0 atom stereocenters. The van der Waals surface area contributed by atoms with Crippen LogP contribution in [0.25, 0.3) is 0 Å².